The van der Waals surface area contributed by atoms with Gasteiger partial charge in [-0.25, -0.2) is 4.39 Å². The maximum absolute atomic E-state index is 13.7. The van der Waals surface area contributed by atoms with E-state index in [9.17, 15) is 14.0 Å². The lowest BCUT2D eigenvalue weighted by molar-refractivity contribution is -0.137. The molecule has 0 aliphatic carbocycles. The normalized spacial score (nSPS) is 20.7. The number of piperidine rings is 1. The van der Waals surface area contributed by atoms with Gasteiger partial charge in [-0.1, -0.05) is 18.2 Å². The van der Waals surface area contributed by atoms with Crippen molar-refractivity contribution in [1.29, 1.82) is 0 Å². The number of halogens is 1. The molecule has 0 bridgehead atoms. The monoisotopic (exact) mass is 336 g/mol. The summed E-state index contributed by atoms with van der Waals surface area (Å²) in [6.45, 7) is 3.28. The van der Waals surface area contributed by atoms with Crippen molar-refractivity contribution in [1.82, 2.24) is 10.2 Å². The molecule has 1 fully saturated rings. The third kappa shape index (κ3) is 4.77. The van der Waals surface area contributed by atoms with Crippen LogP contribution in [-0.2, 0) is 20.7 Å². The average Bonchev–Trinajstić information content (AvgIpc) is 2.57. The number of hydrogen-bond donors (Lipinski definition) is 1. The molecule has 24 heavy (non-hydrogen) atoms. The Kier molecular flexibility index (Phi) is 6.73. The maximum Gasteiger partial charge on any atom is 0.227 e. The Bertz CT molecular complexity index is 579. The highest BCUT2D eigenvalue weighted by Gasteiger charge is 2.32. The molecule has 0 aromatic heterocycles. The van der Waals surface area contributed by atoms with Crippen molar-refractivity contribution in [3.8, 4) is 0 Å². The number of rotatable bonds is 6. The van der Waals surface area contributed by atoms with Crippen LogP contribution in [0.1, 0.15) is 25.3 Å². The van der Waals surface area contributed by atoms with Gasteiger partial charge in [0.25, 0.3) is 0 Å². The first-order valence-electron chi connectivity index (χ1n) is 8.32. The van der Waals surface area contributed by atoms with Gasteiger partial charge in [0, 0.05) is 26.2 Å². The summed E-state index contributed by atoms with van der Waals surface area (Å²) in [5.74, 6) is -0.781. The van der Waals surface area contributed by atoms with Gasteiger partial charge in [-0.3, -0.25) is 9.59 Å². The Morgan fingerprint density at radius 1 is 1.33 bits per heavy atom. The van der Waals surface area contributed by atoms with Gasteiger partial charge in [0.1, 0.15) is 5.82 Å². The molecule has 6 heteroatoms. The largest absolute Gasteiger partial charge is 0.383 e. The summed E-state index contributed by atoms with van der Waals surface area (Å²) in [7, 11) is 1.58. The summed E-state index contributed by atoms with van der Waals surface area (Å²) in [4.78, 5) is 26.5. The predicted octanol–water partition coefficient (Wildman–Crippen LogP) is 1.76. The van der Waals surface area contributed by atoms with Crippen LogP contribution in [0.5, 0.6) is 0 Å². The van der Waals surface area contributed by atoms with E-state index in [1.54, 1.807) is 30.2 Å². The number of ether oxygens (including phenoxy) is 1. The minimum atomic E-state index is -0.371. The molecule has 0 saturated carbocycles. The highest BCUT2D eigenvalue weighted by atomic mass is 19.1. The van der Waals surface area contributed by atoms with Gasteiger partial charge in [0.2, 0.25) is 11.8 Å². The molecule has 2 amide bonds. The summed E-state index contributed by atoms with van der Waals surface area (Å²) in [6, 6.07) is 6.36. The summed E-state index contributed by atoms with van der Waals surface area (Å²) in [5.41, 5.74) is 0.390. The molecular formula is C18H25FN2O3. The fraction of sp³-hybridized carbons (Fsp3) is 0.556. The van der Waals surface area contributed by atoms with Gasteiger partial charge in [-0.05, 0) is 31.4 Å². The van der Waals surface area contributed by atoms with Gasteiger partial charge in [-0.2, -0.15) is 0 Å². The zero-order chi connectivity index (χ0) is 17.5. The Morgan fingerprint density at radius 2 is 2.08 bits per heavy atom. The molecule has 0 spiro atoms. The van der Waals surface area contributed by atoms with Crippen molar-refractivity contribution in [2.45, 2.75) is 32.2 Å². The lowest BCUT2D eigenvalue weighted by Gasteiger charge is -2.37. The quantitative estimate of drug-likeness (QED) is 0.806. The van der Waals surface area contributed by atoms with Crippen LogP contribution in [-0.4, -0.2) is 49.6 Å². The number of likely N-dealkylation sites (tertiary alicyclic amines) is 1. The van der Waals surface area contributed by atoms with Crippen molar-refractivity contribution >= 4 is 11.8 Å². The molecule has 2 rings (SSSR count). The van der Waals surface area contributed by atoms with Crippen LogP contribution < -0.4 is 5.32 Å². The second-order valence-corrected chi connectivity index (χ2v) is 6.22. The van der Waals surface area contributed by atoms with E-state index in [1.165, 1.54) is 6.07 Å². The molecule has 1 saturated heterocycles. The summed E-state index contributed by atoms with van der Waals surface area (Å²) in [5, 5.41) is 2.82. The first kappa shape index (κ1) is 18.4. The third-order valence-corrected chi connectivity index (χ3v) is 4.48. The number of hydrogen-bond acceptors (Lipinski definition) is 3. The Morgan fingerprint density at radius 3 is 2.79 bits per heavy atom. The second kappa shape index (κ2) is 8.78. The molecule has 1 aromatic carbocycles. The van der Waals surface area contributed by atoms with Crippen molar-refractivity contribution in [3.05, 3.63) is 35.6 Å². The number of nitrogens with zero attached hydrogens (tertiary/aromatic N) is 1. The van der Waals surface area contributed by atoms with Gasteiger partial charge >= 0.3 is 0 Å². The fourth-order valence-electron chi connectivity index (χ4n) is 3.00. The van der Waals surface area contributed by atoms with Crippen molar-refractivity contribution in [2.24, 2.45) is 5.92 Å². The van der Waals surface area contributed by atoms with Crippen molar-refractivity contribution < 1.29 is 18.7 Å². The van der Waals surface area contributed by atoms with Crippen LogP contribution in [0, 0.1) is 11.7 Å². The lowest BCUT2D eigenvalue weighted by Crippen LogP contribution is -2.50. The van der Waals surface area contributed by atoms with E-state index in [1.807, 2.05) is 6.92 Å². The fourth-order valence-corrected chi connectivity index (χ4v) is 3.00. The predicted molar refractivity (Wildman–Crippen MR) is 88.9 cm³/mol. The molecule has 0 unspecified atom stereocenters. The van der Waals surface area contributed by atoms with E-state index in [0.29, 0.717) is 25.3 Å². The Hall–Kier alpha value is -1.95. The SMILES string of the molecule is COCCNC(=O)[C@H]1CC[C@@H](C)N(C(=O)Cc2ccccc2F)C1. The summed E-state index contributed by atoms with van der Waals surface area (Å²) in [6.07, 6.45) is 1.55. The zero-order valence-electron chi connectivity index (χ0n) is 14.3. The van der Waals surface area contributed by atoms with Crippen LogP contribution in [0.3, 0.4) is 0 Å². The number of methoxy groups -OCH3 is 1. The highest BCUT2D eigenvalue weighted by molar-refractivity contribution is 5.82. The number of nitrogens with one attached hydrogen (secondary N) is 1. The zero-order valence-corrected chi connectivity index (χ0v) is 14.3. The van der Waals surface area contributed by atoms with E-state index in [2.05, 4.69) is 5.32 Å². The molecule has 1 aliphatic rings. The summed E-state index contributed by atoms with van der Waals surface area (Å²) >= 11 is 0. The van der Waals surface area contributed by atoms with Crippen LogP contribution in [0.15, 0.2) is 24.3 Å². The molecule has 2 atom stereocenters. The van der Waals surface area contributed by atoms with E-state index < -0.39 is 0 Å². The van der Waals surface area contributed by atoms with Crippen LogP contribution in [0.25, 0.3) is 0 Å². The van der Waals surface area contributed by atoms with E-state index in [4.69, 9.17) is 4.74 Å². The van der Waals surface area contributed by atoms with E-state index >= 15 is 0 Å². The van der Waals surface area contributed by atoms with Crippen molar-refractivity contribution in [2.75, 3.05) is 26.8 Å². The van der Waals surface area contributed by atoms with Gasteiger partial charge < -0.3 is 15.0 Å². The van der Waals surface area contributed by atoms with Gasteiger partial charge in [-0.15, -0.1) is 0 Å². The van der Waals surface area contributed by atoms with Crippen LogP contribution in [0.2, 0.25) is 0 Å². The number of carbonyl (C=O) groups is 2. The molecule has 1 aliphatic heterocycles. The number of benzene rings is 1. The summed E-state index contributed by atoms with van der Waals surface area (Å²) < 4.78 is 18.7. The molecule has 132 valence electrons. The number of carbonyl (C=O) groups excluding carboxylic acids is 2. The Balaban J connectivity index is 1.96. The molecular weight excluding hydrogens is 311 g/mol. The molecule has 5 nitrogen and oxygen atoms in total. The smallest absolute Gasteiger partial charge is 0.227 e. The van der Waals surface area contributed by atoms with Crippen molar-refractivity contribution in [3.63, 3.8) is 0 Å². The number of amides is 2. The minimum absolute atomic E-state index is 0.0228. The lowest BCUT2D eigenvalue weighted by atomic mass is 9.92. The van der Waals surface area contributed by atoms with Crippen LogP contribution in [0.4, 0.5) is 4.39 Å². The first-order chi connectivity index (χ1) is 11.5. The Labute approximate surface area is 142 Å². The molecule has 1 heterocycles. The molecule has 1 aromatic rings. The second-order valence-electron chi connectivity index (χ2n) is 6.22. The topological polar surface area (TPSA) is 58.6 Å². The highest BCUT2D eigenvalue weighted by Crippen LogP contribution is 2.23. The van der Waals surface area contributed by atoms with Gasteiger partial charge in [0.05, 0.1) is 18.9 Å². The van der Waals surface area contributed by atoms with E-state index in [0.717, 1.165) is 12.8 Å². The molecule has 1 N–H and O–H groups in total. The maximum atomic E-state index is 13.7. The third-order valence-electron chi connectivity index (χ3n) is 4.48. The minimum Gasteiger partial charge on any atom is -0.383 e. The first-order valence-corrected chi connectivity index (χ1v) is 8.32. The standard InChI is InChI=1S/C18H25FN2O3/c1-13-7-8-15(18(23)20-9-10-24-2)12-21(13)17(22)11-14-5-3-4-6-16(14)19/h3-6,13,15H,7-12H2,1-2H3,(H,20,23)/t13-,15+/m1/s1. The molecule has 0 radical (unpaired) electrons. The van der Waals surface area contributed by atoms with Crippen LogP contribution >= 0.6 is 0 Å². The van der Waals surface area contributed by atoms with E-state index in [-0.39, 0.29) is 36.0 Å². The average molecular weight is 336 g/mol. The van der Waals surface area contributed by atoms with Gasteiger partial charge in [0.15, 0.2) is 0 Å².